The second kappa shape index (κ2) is 4.71. The van der Waals surface area contributed by atoms with Crippen LogP contribution < -0.4 is 0 Å². The number of fused-ring (bicyclic) bond motifs is 6. The highest BCUT2D eigenvalue weighted by atomic mass is 16.4. The Morgan fingerprint density at radius 1 is 1.04 bits per heavy atom. The molecule has 3 heteroatoms. The molecular formula is C22H33NO2. The molecule has 0 radical (unpaired) electrons. The van der Waals surface area contributed by atoms with E-state index in [0.29, 0.717) is 17.3 Å². The summed E-state index contributed by atoms with van der Waals surface area (Å²) in [5, 5.41) is 24.1. The highest BCUT2D eigenvalue weighted by Crippen LogP contribution is 2.75. The summed E-state index contributed by atoms with van der Waals surface area (Å²) in [7, 11) is 0. The van der Waals surface area contributed by atoms with Crippen molar-refractivity contribution in [2.24, 2.45) is 39.2 Å². The Morgan fingerprint density at radius 2 is 1.76 bits per heavy atom. The van der Waals surface area contributed by atoms with Crippen LogP contribution in [0.2, 0.25) is 0 Å². The van der Waals surface area contributed by atoms with Crippen LogP contribution in [0.3, 0.4) is 0 Å². The van der Waals surface area contributed by atoms with E-state index in [-0.39, 0.29) is 10.8 Å². The first-order chi connectivity index (χ1) is 11.8. The van der Waals surface area contributed by atoms with E-state index >= 15 is 0 Å². The highest BCUT2D eigenvalue weighted by Gasteiger charge is 2.67. The van der Waals surface area contributed by atoms with E-state index in [1.54, 1.807) is 5.57 Å². The van der Waals surface area contributed by atoms with Crippen molar-refractivity contribution in [1.29, 1.82) is 0 Å². The van der Waals surface area contributed by atoms with Gasteiger partial charge in [0.05, 0.1) is 11.3 Å². The van der Waals surface area contributed by atoms with E-state index in [4.69, 9.17) is 0 Å². The number of oxime groups is 1. The van der Waals surface area contributed by atoms with E-state index in [9.17, 15) is 10.3 Å². The molecule has 0 amide bonds. The van der Waals surface area contributed by atoms with Crippen molar-refractivity contribution in [3.63, 3.8) is 0 Å². The number of hydrogen-bond acceptors (Lipinski definition) is 3. The molecular weight excluding hydrogens is 310 g/mol. The molecule has 0 saturated heterocycles. The molecule has 0 aromatic carbocycles. The van der Waals surface area contributed by atoms with Gasteiger partial charge in [-0.25, -0.2) is 0 Å². The van der Waals surface area contributed by atoms with Crippen LogP contribution in [0.4, 0.5) is 0 Å². The first-order valence-corrected chi connectivity index (χ1v) is 10.4. The van der Waals surface area contributed by atoms with Gasteiger partial charge < -0.3 is 10.3 Å². The lowest BCUT2D eigenvalue weighted by Crippen LogP contribution is -2.56. The molecule has 6 atom stereocenters. The first-order valence-electron chi connectivity index (χ1n) is 10.4. The Bertz CT molecular complexity index is 674. The van der Waals surface area contributed by atoms with Gasteiger partial charge in [-0.05, 0) is 92.3 Å². The van der Waals surface area contributed by atoms with Crippen LogP contribution >= 0.6 is 0 Å². The summed E-state index contributed by atoms with van der Waals surface area (Å²) in [6, 6.07) is 0. The fraction of sp³-hybridized carbons (Fsp3) is 0.864. The van der Waals surface area contributed by atoms with Crippen molar-refractivity contribution in [1.82, 2.24) is 0 Å². The van der Waals surface area contributed by atoms with Crippen molar-refractivity contribution in [3.8, 4) is 0 Å². The number of nitrogens with zero attached hydrogens (tertiary/aromatic N) is 1. The van der Waals surface area contributed by atoms with Gasteiger partial charge in [0.25, 0.3) is 0 Å². The Kier molecular flexibility index (Phi) is 3.08. The molecule has 4 saturated carbocycles. The second-order valence-electron chi connectivity index (χ2n) is 10.7. The minimum Gasteiger partial charge on any atom is -0.411 e. The van der Waals surface area contributed by atoms with Crippen LogP contribution in [-0.2, 0) is 0 Å². The molecule has 0 unspecified atom stereocenters. The quantitative estimate of drug-likeness (QED) is 0.372. The Hall–Kier alpha value is -0.830. The summed E-state index contributed by atoms with van der Waals surface area (Å²) >= 11 is 0. The zero-order valence-electron chi connectivity index (χ0n) is 16.0. The summed E-state index contributed by atoms with van der Waals surface area (Å²) in [5.41, 5.74) is 2.89. The molecule has 3 nitrogen and oxygen atoms in total. The van der Waals surface area contributed by atoms with Gasteiger partial charge in [-0.1, -0.05) is 30.7 Å². The maximum Gasteiger partial charge on any atom is 0.0675 e. The molecule has 4 fully saturated rings. The zero-order chi connectivity index (χ0) is 17.7. The zero-order valence-corrected chi connectivity index (χ0v) is 16.0. The van der Waals surface area contributed by atoms with Gasteiger partial charge >= 0.3 is 0 Å². The molecule has 138 valence electrons. The smallest absolute Gasteiger partial charge is 0.0675 e. The monoisotopic (exact) mass is 343 g/mol. The van der Waals surface area contributed by atoms with Crippen LogP contribution in [0.5, 0.6) is 0 Å². The number of rotatable bonds is 0. The van der Waals surface area contributed by atoms with E-state index in [1.165, 1.54) is 32.1 Å². The highest BCUT2D eigenvalue weighted by molar-refractivity contribution is 5.88. The number of hydrogen-bond donors (Lipinski definition) is 2. The fourth-order valence-electron chi connectivity index (χ4n) is 8.07. The topological polar surface area (TPSA) is 52.8 Å². The van der Waals surface area contributed by atoms with Gasteiger partial charge in [0.15, 0.2) is 0 Å². The van der Waals surface area contributed by atoms with Gasteiger partial charge in [0.1, 0.15) is 0 Å². The van der Waals surface area contributed by atoms with Crippen LogP contribution in [-0.4, -0.2) is 21.6 Å². The third-order valence-electron chi connectivity index (χ3n) is 9.74. The lowest BCUT2D eigenvalue weighted by molar-refractivity contribution is -0.122. The predicted molar refractivity (Wildman–Crippen MR) is 98.6 cm³/mol. The van der Waals surface area contributed by atoms with E-state index in [0.717, 1.165) is 37.3 Å². The Labute approximate surface area is 151 Å². The fourth-order valence-corrected chi connectivity index (χ4v) is 8.07. The van der Waals surface area contributed by atoms with Crippen LogP contribution in [0.1, 0.15) is 78.6 Å². The molecule has 25 heavy (non-hydrogen) atoms. The molecule has 0 aromatic heterocycles. The van der Waals surface area contributed by atoms with Crippen LogP contribution in [0, 0.1) is 34.0 Å². The molecule has 2 N–H and O–H groups in total. The van der Waals surface area contributed by atoms with E-state index in [1.807, 2.05) is 0 Å². The van der Waals surface area contributed by atoms with Gasteiger partial charge in [-0.3, -0.25) is 0 Å². The van der Waals surface area contributed by atoms with Crippen LogP contribution in [0.25, 0.3) is 0 Å². The number of allylic oxidation sites excluding steroid dienone is 2. The molecule has 0 aromatic rings. The van der Waals surface area contributed by atoms with Crippen LogP contribution in [0.15, 0.2) is 16.8 Å². The summed E-state index contributed by atoms with van der Waals surface area (Å²) in [6.45, 7) is 6.93. The maximum absolute atomic E-state index is 11.1. The third-order valence-corrected chi connectivity index (χ3v) is 9.74. The van der Waals surface area contributed by atoms with Crippen molar-refractivity contribution >= 4 is 5.71 Å². The second-order valence-corrected chi connectivity index (χ2v) is 10.7. The summed E-state index contributed by atoms with van der Waals surface area (Å²) < 4.78 is 0. The molecule has 0 heterocycles. The SMILES string of the molecule is C[C@]12C/C(=N/O)CC=C1C1(CC1)C[C@@H]1[C@@H]2CC[C@@]2(C)[C@H]1CC[C@@]2(C)O. The molecule has 1 spiro atoms. The van der Waals surface area contributed by atoms with Crippen molar-refractivity contribution < 1.29 is 10.3 Å². The normalized spacial score (nSPS) is 54.6. The lowest BCUT2D eigenvalue weighted by atomic mass is 9.44. The predicted octanol–water partition coefficient (Wildman–Crippen LogP) is 4.92. The minimum atomic E-state index is -0.499. The van der Waals surface area contributed by atoms with Gasteiger partial charge in [0.2, 0.25) is 0 Å². The van der Waals surface area contributed by atoms with Crippen molar-refractivity contribution in [2.45, 2.75) is 84.2 Å². The number of aliphatic hydroxyl groups is 1. The molecule has 0 aliphatic heterocycles. The maximum atomic E-state index is 11.1. The Balaban J connectivity index is 1.58. The van der Waals surface area contributed by atoms with Gasteiger partial charge in [-0.15, -0.1) is 0 Å². The molecule has 0 bridgehead atoms. The van der Waals surface area contributed by atoms with E-state index < -0.39 is 5.60 Å². The lowest BCUT2D eigenvalue weighted by Gasteiger charge is -2.61. The summed E-state index contributed by atoms with van der Waals surface area (Å²) in [6.07, 6.45) is 12.8. The molecule has 5 aliphatic carbocycles. The minimum absolute atomic E-state index is 0.0877. The average molecular weight is 344 g/mol. The molecule has 5 rings (SSSR count). The Morgan fingerprint density at radius 3 is 2.44 bits per heavy atom. The summed E-state index contributed by atoms with van der Waals surface area (Å²) in [4.78, 5) is 0. The van der Waals surface area contributed by atoms with Crippen molar-refractivity contribution in [2.75, 3.05) is 0 Å². The molecule has 5 aliphatic rings. The van der Waals surface area contributed by atoms with Gasteiger partial charge in [0, 0.05) is 6.42 Å². The average Bonchev–Trinajstić information content (AvgIpc) is 3.27. The summed E-state index contributed by atoms with van der Waals surface area (Å²) in [5.74, 6) is 2.08. The largest absolute Gasteiger partial charge is 0.411 e. The van der Waals surface area contributed by atoms with Gasteiger partial charge in [-0.2, -0.15) is 0 Å². The van der Waals surface area contributed by atoms with Crippen molar-refractivity contribution in [3.05, 3.63) is 11.6 Å². The first kappa shape index (κ1) is 16.4. The van der Waals surface area contributed by atoms with E-state index in [2.05, 4.69) is 32.0 Å². The third kappa shape index (κ3) is 1.89. The standard InChI is InChI=1S/C22H33NO2/c1-19-12-14(23-25)4-5-18(19)22(10-11-22)13-15-16(19)6-8-20(2)17(15)7-9-21(20,3)24/h5,15-17,24-25H,4,6-13H2,1-3H3/b23-14+/t15-,16+,17+,19-,20+,21-/m1/s1.